The van der Waals surface area contributed by atoms with Crippen LogP contribution in [0.3, 0.4) is 0 Å². The van der Waals surface area contributed by atoms with Crippen LogP contribution in [0.2, 0.25) is 0 Å². The molecule has 5 nitrogen and oxygen atoms in total. The largest absolute Gasteiger partial charge is 0.356 e. The van der Waals surface area contributed by atoms with Crippen molar-refractivity contribution < 1.29 is 9.32 Å². The topological polar surface area (TPSA) is 72.4 Å². The highest BCUT2D eigenvalue weighted by Gasteiger charge is 2.35. The maximum absolute atomic E-state index is 12.5. The number of carbonyl (C=O) groups excluding carboxylic acids is 1. The number of nitrogens with zero attached hydrogens (tertiary/aromatic N) is 2. The summed E-state index contributed by atoms with van der Waals surface area (Å²) in [6.07, 6.45) is 1.13. The Kier molecular flexibility index (Phi) is 3.45. The summed E-state index contributed by atoms with van der Waals surface area (Å²) in [7, 11) is 0. The number of hydrogen-bond acceptors (Lipinski definition) is 4. The molecule has 1 atom stereocenters. The Morgan fingerprint density at radius 2 is 2.24 bits per heavy atom. The zero-order chi connectivity index (χ0) is 15.0. The Labute approximate surface area is 124 Å². The zero-order valence-electron chi connectivity index (χ0n) is 12.5. The second-order valence-corrected chi connectivity index (χ2v) is 6.50. The first-order valence-electron chi connectivity index (χ1n) is 7.34. The van der Waals surface area contributed by atoms with E-state index in [1.54, 1.807) is 0 Å². The maximum Gasteiger partial charge on any atom is 0.228 e. The molecule has 0 radical (unpaired) electrons. The van der Waals surface area contributed by atoms with Crippen LogP contribution in [0.5, 0.6) is 0 Å². The fraction of sp³-hybridized carbons (Fsp3) is 0.500. The molecule has 5 heteroatoms. The average molecular weight is 287 g/mol. The first kappa shape index (κ1) is 14.1. The molecule has 2 aromatic rings. The third kappa shape index (κ3) is 2.65. The number of aromatic nitrogens is 1. The standard InChI is InChI=1S/C16H21N3O2/c1-16(2)10-19(8-7-14(16)17)15(20)9-12-11-5-3-4-6-13(11)21-18-12/h3-6,14H,7-10,17H2,1-2H3. The van der Waals surface area contributed by atoms with Crippen molar-refractivity contribution in [3.8, 4) is 0 Å². The highest BCUT2D eigenvalue weighted by Crippen LogP contribution is 2.28. The van der Waals surface area contributed by atoms with Crippen LogP contribution in [-0.4, -0.2) is 35.1 Å². The van der Waals surface area contributed by atoms with Crippen molar-refractivity contribution in [1.82, 2.24) is 10.1 Å². The minimum atomic E-state index is -0.0419. The lowest BCUT2D eigenvalue weighted by atomic mass is 9.79. The molecule has 1 amide bonds. The summed E-state index contributed by atoms with van der Waals surface area (Å²) < 4.78 is 5.25. The van der Waals surface area contributed by atoms with Crippen molar-refractivity contribution >= 4 is 16.9 Å². The Hall–Kier alpha value is -1.88. The van der Waals surface area contributed by atoms with Crippen LogP contribution in [0, 0.1) is 5.41 Å². The number of carbonyl (C=O) groups is 1. The smallest absolute Gasteiger partial charge is 0.228 e. The number of hydrogen-bond donors (Lipinski definition) is 1. The van der Waals surface area contributed by atoms with Crippen molar-refractivity contribution in [3.05, 3.63) is 30.0 Å². The van der Waals surface area contributed by atoms with Gasteiger partial charge in [-0.3, -0.25) is 4.79 Å². The monoisotopic (exact) mass is 287 g/mol. The van der Waals surface area contributed by atoms with Crippen LogP contribution >= 0.6 is 0 Å². The van der Waals surface area contributed by atoms with Crippen molar-refractivity contribution in [1.29, 1.82) is 0 Å². The number of nitrogens with two attached hydrogens (primary N) is 1. The van der Waals surface area contributed by atoms with Crippen LogP contribution in [0.15, 0.2) is 28.8 Å². The molecule has 1 aliphatic heterocycles. The van der Waals surface area contributed by atoms with Gasteiger partial charge in [0.2, 0.25) is 5.91 Å². The molecule has 1 saturated heterocycles. The van der Waals surface area contributed by atoms with Gasteiger partial charge in [-0.2, -0.15) is 0 Å². The molecule has 1 unspecified atom stereocenters. The van der Waals surface area contributed by atoms with Gasteiger partial charge in [0.05, 0.1) is 6.42 Å². The van der Waals surface area contributed by atoms with Gasteiger partial charge in [-0.05, 0) is 24.0 Å². The molecule has 2 heterocycles. The van der Waals surface area contributed by atoms with Crippen molar-refractivity contribution in [2.24, 2.45) is 11.1 Å². The number of rotatable bonds is 2. The van der Waals surface area contributed by atoms with Gasteiger partial charge in [-0.25, -0.2) is 0 Å². The Morgan fingerprint density at radius 1 is 1.48 bits per heavy atom. The summed E-state index contributed by atoms with van der Waals surface area (Å²) in [5, 5.41) is 4.95. The number of benzene rings is 1. The molecule has 112 valence electrons. The van der Waals surface area contributed by atoms with Crippen LogP contribution in [-0.2, 0) is 11.2 Å². The predicted molar refractivity (Wildman–Crippen MR) is 80.7 cm³/mol. The molecule has 0 spiro atoms. The average Bonchev–Trinajstić information content (AvgIpc) is 2.85. The number of amides is 1. The molecule has 1 fully saturated rings. The van der Waals surface area contributed by atoms with Gasteiger partial charge in [0.25, 0.3) is 0 Å². The van der Waals surface area contributed by atoms with Gasteiger partial charge in [0, 0.05) is 24.5 Å². The molecule has 0 saturated carbocycles. The highest BCUT2D eigenvalue weighted by molar-refractivity contribution is 5.86. The van der Waals surface area contributed by atoms with Gasteiger partial charge in [0.15, 0.2) is 5.58 Å². The van der Waals surface area contributed by atoms with E-state index in [0.29, 0.717) is 12.2 Å². The number of piperidine rings is 1. The SMILES string of the molecule is CC1(C)CN(C(=O)Cc2noc3ccccc23)CCC1N. The molecule has 2 N–H and O–H groups in total. The number of likely N-dealkylation sites (tertiary alicyclic amines) is 1. The van der Waals surface area contributed by atoms with E-state index in [-0.39, 0.29) is 23.8 Å². The molecule has 0 aliphatic carbocycles. The van der Waals surface area contributed by atoms with E-state index in [1.807, 2.05) is 29.2 Å². The van der Waals surface area contributed by atoms with E-state index in [1.165, 1.54) is 0 Å². The summed E-state index contributed by atoms with van der Waals surface area (Å²) in [4.78, 5) is 14.4. The molecular formula is C16H21N3O2. The van der Waals surface area contributed by atoms with Crippen LogP contribution < -0.4 is 5.73 Å². The lowest BCUT2D eigenvalue weighted by Crippen LogP contribution is -2.54. The van der Waals surface area contributed by atoms with E-state index in [0.717, 1.165) is 23.9 Å². The van der Waals surface area contributed by atoms with Gasteiger partial charge >= 0.3 is 0 Å². The first-order valence-corrected chi connectivity index (χ1v) is 7.34. The fourth-order valence-electron chi connectivity index (χ4n) is 2.91. The van der Waals surface area contributed by atoms with Gasteiger partial charge in [0.1, 0.15) is 5.69 Å². The molecule has 1 aliphatic rings. The summed E-state index contributed by atoms with van der Waals surface area (Å²) in [5.74, 6) is 0.0917. The zero-order valence-corrected chi connectivity index (χ0v) is 12.5. The minimum absolute atomic E-state index is 0.0419. The number of fused-ring (bicyclic) bond motifs is 1. The second-order valence-electron chi connectivity index (χ2n) is 6.50. The maximum atomic E-state index is 12.5. The summed E-state index contributed by atoms with van der Waals surface area (Å²) in [5.41, 5.74) is 7.51. The first-order chi connectivity index (χ1) is 9.97. The van der Waals surface area contributed by atoms with E-state index in [4.69, 9.17) is 10.3 Å². The number of para-hydroxylation sites is 1. The van der Waals surface area contributed by atoms with Gasteiger partial charge < -0.3 is 15.2 Å². The normalized spacial score (nSPS) is 21.7. The minimum Gasteiger partial charge on any atom is -0.356 e. The Morgan fingerprint density at radius 3 is 3.00 bits per heavy atom. The lowest BCUT2D eigenvalue weighted by molar-refractivity contribution is -0.133. The van der Waals surface area contributed by atoms with E-state index < -0.39 is 0 Å². The summed E-state index contributed by atoms with van der Waals surface area (Å²) in [6.45, 7) is 5.65. The highest BCUT2D eigenvalue weighted by atomic mass is 16.5. The van der Waals surface area contributed by atoms with Crippen molar-refractivity contribution in [2.45, 2.75) is 32.7 Å². The molecule has 21 heavy (non-hydrogen) atoms. The third-order valence-electron chi connectivity index (χ3n) is 4.44. The summed E-state index contributed by atoms with van der Waals surface area (Å²) in [6, 6.07) is 7.77. The summed E-state index contributed by atoms with van der Waals surface area (Å²) >= 11 is 0. The molecular weight excluding hydrogens is 266 g/mol. The van der Waals surface area contributed by atoms with E-state index in [2.05, 4.69) is 19.0 Å². The molecule has 3 rings (SSSR count). The molecule has 0 bridgehead atoms. The lowest BCUT2D eigenvalue weighted by Gasteiger charge is -2.42. The fourth-order valence-corrected chi connectivity index (χ4v) is 2.91. The van der Waals surface area contributed by atoms with E-state index in [9.17, 15) is 4.79 Å². The van der Waals surface area contributed by atoms with E-state index >= 15 is 0 Å². The molecule has 1 aromatic carbocycles. The van der Waals surface area contributed by atoms with Crippen LogP contribution in [0.1, 0.15) is 26.0 Å². The Bertz CT molecular complexity index is 662. The second kappa shape index (κ2) is 5.15. The molecule has 1 aromatic heterocycles. The van der Waals surface area contributed by atoms with Crippen molar-refractivity contribution in [2.75, 3.05) is 13.1 Å². The Balaban J connectivity index is 1.75. The predicted octanol–water partition coefficient (Wildman–Crippen LogP) is 1.96. The quantitative estimate of drug-likeness (QED) is 0.916. The van der Waals surface area contributed by atoms with Crippen LogP contribution in [0.25, 0.3) is 11.0 Å². The van der Waals surface area contributed by atoms with Gasteiger partial charge in [-0.15, -0.1) is 0 Å². The van der Waals surface area contributed by atoms with Gasteiger partial charge in [-0.1, -0.05) is 31.1 Å². The van der Waals surface area contributed by atoms with Crippen molar-refractivity contribution in [3.63, 3.8) is 0 Å². The third-order valence-corrected chi connectivity index (χ3v) is 4.44. The van der Waals surface area contributed by atoms with Crippen LogP contribution in [0.4, 0.5) is 0 Å².